The first-order valence-corrected chi connectivity index (χ1v) is 11.2. The molecule has 1 saturated heterocycles. The van der Waals surface area contributed by atoms with E-state index in [9.17, 15) is 24.9 Å². The van der Waals surface area contributed by atoms with Crippen molar-refractivity contribution < 1.29 is 39.1 Å². The summed E-state index contributed by atoms with van der Waals surface area (Å²) in [4.78, 5) is 23.7. The van der Waals surface area contributed by atoms with Crippen molar-refractivity contribution >= 4 is 11.8 Å². The molecule has 2 amide bonds. The summed E-state index contributed by atoms with van der Waals surface area (Å²) in [6, 6.07) is -0.949. The average molecular weight is 463 g/mol. The van der Waals surface area contributed by atoms with Crippen LogP contribution in [0.1, 0.15) is 66.7 Å². The fourth-order valence-electron chi connectivity index (χ4n) is 4.00. The topological polar surface area (TPSA) is 147 Å². The van der Waals surface area contributed by atoms with Gasteiger partial charge in [-0.15, -0.1) is 0 Å². The summed E-state index contributed by atoms with van der Waals surface area (Å²) in [5.41, 5.74) is -0.714. The molecule has 188 valence electrons. The molecule has 5 unspecified atom stereocenters. The highest BCUT2D eigenvalue weighted by molar-refractivity contribution is 5.76. The minimum Gasteiger partial charge on any atom is -0.394 e. The molecule has 0 aliphatic carbocycles. The van der Waals surface area contributed by atoms with E-state index in [1.54, 1.807) is 7.11 Å². The normalized spacial score (nSPS) is 26.6. The van der Waals surface area contributed by atoms with Gasteiger partial charge < -0.3 is 40.2 Å². The van der Waals surface area contributed by atoms with E-state index >= 15 is 0 Å². The van der Waals surface area contributed by atoms with E-state index in [4.69, 9.17) is 14.2 Å². The number of carbonyl (C=O) groups is 2. The van der Waals surface area contributed by atoms with Crippen LogP contribution in [-0.2, 0) is 23.8 Å². The Morgan fingerprint density at radius 2 is 1.72 bits per heavy atom. The summed E-state index contributed by atoms with van der Waals surface area (Å²) in [5, 5.41) is 35.2. The van der Waals surface area contributed by atoms with Gasteiger partial charge in [0.25, 0.3) is 0 Å². The number of rotatable bonds is 13. The summed E-state index contributed by atoms with van der Waals surface area (Å²) in [6.07, 6.45) is -1.53. The Labute approximate surface area is 191 Å². The maximum Gasteiger partial charge on any atom is 0.220 e. The average Bonchev–Trinajstić information content (AvgIpc) is 2.68. The van der Waals surface area contributed by atoms with Crippen LogP contribution in [0.3, 0.4) is 0 Å². The highest BCUT2D eigenvalue weighted by Crippen LogP contribution is 2.24. The molecular weight excluding hydrogens is 420 g/mol. The van der Waals surface area contributed by atoms with Crippen LogP contribution in [0.15, 0.2) is 0 Å². The molecule has 1 aliphatic rings. The number of ether oxygens (including phenoxy) is 3. The molecule has 0 bridgehead atoms. The highest BCUT2D eigenvalue weighted by atomic mass is 16.7. The van der Waals surface area contributed by atoms with Crippen LogP contribution in [-0.4, -0.2) is 89.2 Å². The fraction of sp³-hybridized carbons (Fsp3) is 0.909. The number of methoxy groups -OCH3 is 1. The summed E-state index contributed by atoms with van der Waals surface area (Å²) in [6.45, 7) is 8.98. The first-order valence-electron chi connectivity index (χ1n) is 11.2. The third-order valence-electron chi connectivity index (χ3n) is 5.48. The molecule has 0 aromatic heterocycles. The van der Waals surface area contributed by atoms with Gasteiger partial charge in [-0.05, 0) is 47.0 Å². The maximum absolute atomic E-state index is 12.3. The second-order valence-corrected chi connectivity index (χ2v) is 9.69. The number of carbonyl (C=O) groups excluding carboxylic acids is 2. The van der Waals surface area contributed by atoms with Gasteiger partial charge in [0.2, 0.25) is 11.8 Å². The Balaban J connectivity index is 2.39. The van der Waals surface area contributed by atoms with Crippen molar-refractivity contribution in [2.24, 2.45) is 0 Å². The van der Waals surface area contributed by atoms with Crippen molar-refractivity contribution in [1.29, 1.82) is 0 Å². The van der Waals surface area contributed by atoms with Gasteiger partial charge in [-0.25, -0.2) is 0 Å². The molecule has 0 radical (unpaired) electrons. The van der Waals surface area contributed by atoms with E-state index in [1.807, 2.05) is 27.7 Å². The van der Waals surface area contributed by atoms with Crippen LogP contribution in [0.4, 0.5) is 0 Å². The molecule has 1 heterocycles. The number of aliphatic hydroxyl groups excluding tert-OH is 3. The van der Waals surface area contributed by atoms with Crippen LogP contribution in [0, 0.1) is 0 Å². The minimum atomic E-state index is -1.34. The maximum atomic E-state index is 12.3. The lowest BCUT2D eigenvalue weighted by atomic mass is 9.89. The molecule has 5 N–H and O–H groups in total. The molecule has 10 heteroatoms. The van der Waals surface area contributed by atoms with Crippen LogP contribution in [0.25, 0.3) is 0 Å². The van der Waals surface area contributed by atoms with Crippen LogP contribution < -0.4 is 10.6 Å². The van der Waals surface area contributed by atoms with Crippen molar-refractivity contribution in [3.8, 4) is 0 Å². The lowest BCUT2D eigenvalue weighted by Gasteiger charge is -2.42. The van der Waals surface area contributed by atoms with Gasteiger partial charge in [0.1, 0.15) is 24.4 Å². The summed E-state index contributed by atoms with van der Waals surface area (Å²) in [7, 11) is 1.66. The first kappa shape index (κ1) is 28.7. The number of hydrogen-bond donors (Lipinski definition) is 5. The molecule has 0 aromatic carbocycles. The lowest BCUT2D eigenvalue weighted by molar-refractivity contribution is -0.270. The van der Waals surface area contributed by atoms with Gasteiger partial charge in [-0.2, -0.15) is 0 Å². The van der Waals surface area contributed by atoms with E-state index in [1.165, 1.54) is 6.92 Å². The van der Waals surface area contributed by atoms with Crippen molar-refractivity contribution in [1.82, 2.24) is 10.6 Å². The monoisotopic (exact) mass is 462 g/mol. The van der Waals surface area contributed by atoms with E-state index in [-0.39, 0.29) is 23.7 Å². The number of aliphatic hydroxyl groups is 3. The van der Waals surface area contributed by atoms with Crippen LogP contribution >= 0.6 is 0 Å². The highest BCUT2D eigenvalue weighted by Gasteiger charge is 2.45. The Morgan fingerprint density at radius 1 is 1.06 bits per heavy atom. The Hall–Kier alpha value is -1.30. The smallest absolute Gasteiger partial charge is 0.220 e. The van der Waals surface area contributed by atoms with Gasteiger partial charge in [0.15, 0.2) is 6.29 Å². The standard InChI is InChI=1S/C22H42N2O8/c1-14(26)23-17-19(29)18(28)15(12-25)32-20(17)31-11-9-7-8-10-16(27)24-21(2,3)13-22(4,5)30-6/h15,17-20,25,28-29H,7-13H2,1-6H3,(H,23,26)(H,24,27). The molecule has 0 aromatic rings. The van der Waals surface area contributed by atoms with Crippen LogP contribution in [0.5, 0.6) is 0 Å². The predicted octanol–water partition coefficient (Wildman–Crippen LogP) is 0.217. The third-order valence-corrected chi connectivity index (χ3v) is 5.48. The largest absolute Gasteiger partial charge is 0.394 e. The SMILES string of the molecule is COC(C)(C)CC(C)(C)NC(=O)CCCCCOC1OC(CO)C(O)C(O)C1NC(C)=O. The zero-order chi connectivity index (χ0) is 24.5. The lowest BCUT2D eigenvalue weighted by Crippen LogP contribution is -2.64. The molecule has 1 aliphatic heterocycles. The molecule has 0 saturated carbocycles. The molecule has 1 rings (SSSR count). The number of unbranched alkanes of at least 4 members (excludes halogenated alkanes) is 2. The first-order chi connectivity index (χ1) is 14.8. The second-order valence-electron chi connectivity index (χ2n) is 9.69. The number of nitrogens with one attached hydrogen (secondary N) is 2. The molecule has 10 nitrogen and oxygen atoms in total. The van der Waals surface area contributed by atoms with Gasteiger partial charge >= 0.3 is 0 Å². The van der Waals surface area contributed by atoms with Gasteiger partial charge in [0.05, 0.1) is 12.2 Å². The number of amides is 2. The zero-order valence-corrected chi connectivity index (χ0v) is 20.2. The molecule has 32 heavy (non-hydrogen) atoms. The zero-order valence-electron chi connectivity index (χ0n) is 20.2. The van der Waals surface area contributed by atoms with Crippen molar-refractivity contribution in [2.75, 3.05) is 20.3 Å². The Bertz CT molecular complexity index is 598. The summed E-state index contributed by atoms with van der Waals surface area (Å²) < 4.78 is 16.6. The van der Waals surface area contributed by atoms with Crippen molar-refractivity contribution in [3.63, 3.8) is 0 Å². The molecule has 0 spiro atoms. The van der Waals surface area contributed by atoms with Crippen molar-refractivity contribution in [2.45, 2.75) is 109 Å². The van der Waals surface area contributed by atoms with E-state index in [0.717, 1.165) is 6.42 Å². The summed E-state index contributed by atoms with van der Waals surface area (Å²) in [5.74, 6) is -0.421. The quantitative estimate of drug-likeness (QED) is 0.244. The van der Waals surface area contributed by atoms with E-state index in [0.29, 0.717) is 25.7 Å². The van der Waals surface area contributed by atoms with Crippen molar-refractivity contribution in [3.05, 3.63) is 0 Å². The van der Waals surface area contributed by atoms with Gasteiger partial charge in [0, 0.05) is 32.6 Å². The summed E-state index contributed by atoms with van der Waals surface area (Å²) >= 11 is 0. The van der Waals surface area contributed by atoms with Crippen LogP contribution in [0.2, 0.25) is 0 Å². The molecule has 5 atom stereocenters. The minimum absolute atomic E-state index is 0.0212. The van der Waals surface area contributed by atoms with Gasteiger partial charge in [-0.3, -0.25) is 9.59 Å². The van der Waals surface area contributed by atoms with Gasteiger partial charge in [-0.1, -0.05) is 6.42 Å². The van der Waals surface area contributed by atoms with E-state index < -0.39 is 43.2 Å². The fourth-order valence-corrected chi connectivity index (χ4v) is 4.00. The second kappa shape index (κ2) is 12.8. The van der Waals surface area contributed by atoms with E-state index in [2.05, 4.69) is 10.6 Å². The molecular formula is C22H42N2O8. The third kappa shape index (κ3) is 9.68. The number of hydrogen-bond acceptors (Lipinski definition) is 8. The Morgan fingerprint density at radius 3 is 2.28 bits per heavy atom. The molecule has 1 fully saturated rings. The predicted molar refractivity (Wildman–Crippen MR) is 118 cm³/mol. The Kier molecular flexibility index (Phi) is 11.5.